The molecule has 2 aromatic rings. The number of nitrogens with zero attached hydrogens (tertiary/aromatic N) is 1. The van der Waals surface area contributed by atoms with E-state index in [0.717, 1.165) is 12.4 Å². The van der Waals surface area contributed by atoms with Gasteiger partial charge < -0.3 is 5.32 Å². The molecule has 0 fully saturated rings. The van der Waals surface area contributed by atoms with E-state index in [-0.39, 0.29) is 0 Å². The monoisotopic (exact) mass is 206 g/mol. The van der Waals surface area contributed by atoms with Gasteiger partial charge >= 0.3 is 0 Å². The van der Waals surface area contributed by atoms with Crippen LogP contribution in [0.3, 0.4) is 0 Å². The molecule has 0 aliphatic carbocycles. The van der Waals surface area contributed by atoms with Gasteiger partial charge in [-0.2, -0.15) is 0 Å². The van der Waals surface area contributed by atoms with Crippen molar-refractivity contribution in [2.45, 2.75) is 13.8 Å². The van der Waals surface area contributed by atoms with Crippen LogP contribution in [-0.4, -0.2) is 11.5 Å². The van der Waals surface area contributed by atoms with Crippen molar-refractivity contribution in [1.29, 1.82) is 0 Å². The van der Waals surface area contributed by atoms with Gasteiger partial charge in [-0.3, -0.25) is 0 Å². The Balaban J connectivity index is 2.27. The first-order valence-electron chi connectivity index (χ1n) is 4.83. The molecule has 0 radical (unpaired) electrons. The Kier molecular flexibility index (Phi) is 2.68. The van der Waals surface area contributed by atoms with Crippen molar-refractivity contribution in [2.24, 2.45) is 5.92 Å². The van der Waals surface area contributed by atoms with Gasteiger partial charge in [0.1, 0.15) is 5.82 Å². The number of anilines is 1. The number of aromatic nitrogens is 1. The lowest BCUT2D eigenvalue weighted by Gasteiger charge is -2.08. The number of hydrogen-bond donors (Lipinski definition) is 1. The Morgan fingerprint density at radius 1 is 1.43 bits per heavy atom. The van der Waals surface area contributed by atoms with E-state index in [1.54, 1.807) is 11.3 Å². The summed E-state index contributed by atoms with van der Waals surface area (Å²) in [4.78, 5) is 4.35. The van der Waals surface area contributed by atoms with Crippen LogP contribution in [0, 0.1) is 5.92 Å². The summed E-state index contributed by atoms with van der Waals surface area (Å²) >= 11 is 1.76. The van der Waals surface area contributed by atoms with Gasteiger partial charge in [-0.1, -0.05) is 13.8 Å². The van der Waals surface area contributed by atoms with Gasteiger partial charge in [-0.15, -0.1) is 11.3 Å². The smallest absolute Gasteiger partial charge is 0.134 e. The second kappa shape index (κ2) is 3.96. The van der Waals surface area contributed by atoms with Gasteiger partial charge in [0, 0.05) is 22.8 Å². The highest BCUT2D eigenvalue weighted by molar-refractivity contribution is 7.17. The lowest BCUT2D eigenvalue weighted by Crippen LogP contribution is -2.08. The predicted octanol–water partition coefficient (Wildman–Crippen LogP) is 3.36. The second-order valence-corrected chi connectivity index (χ2v) is 4.71. The molecule has 0 aromatic carbocycles. The molecule has 0 amide bonds. The molecule has 3 heteroatoms. The van der Waals surface area contributed by atoms with E-state index in [4.69, 9.17) is 0 Å². The summed E-state index contributed by atoms with van der Waals surface area (Å²) in [6, 6.07) is 4.18. The summed E-state index contributed by atoms with van der Waals surface area (Å²) in [6.45, 7) is 5.36. The third-order valence-electron chi connectivity index (χ3n) is 2.06. The molecule has 0 aliphatic rings. The highest BCUT2D eigenvalue weighted by Crippen LogP contribution is 2.25. The van der Waals surface area contributed by atoms with Crippen LogP contribution in [0.5, 0.6) is 0 Å². The second-order valence-electron chi connectivity index (χ2n) is 3.77. The molecular weight excluding hydrogens is 192 g/mol. The minimum Gasteiger partial charge on any atom is -0.369 e. The van der Waals surface area contributed by atoms with Crippen molar-refractivity contribution in [2.75, 3.05) is 11.9 Å². The maximum absolute atomic E-state index is 4.35. The van der Waals surface area contributed by atoms with Gasteiger partial charge in [-0.25, -0.2) is 4.98 Å². The summed E-state index contributed by atoms with van der Waals surface area (Å²) in [7, 11) is 0. The van der Waals surface area contributed by atoms with E-state index < -0.39 is 0 Å². The average molecular weight is 206 g/mol. The third kappa shape index (κ3) is 1.87. The molecule has 0 aliphatic heterocycles. The molecular formula is C11H14N2S. The summed E-state index contributed by atoms with van der Waals surface area (Å²) in [5, 5.41) is 6.71. The fourth-order valence-electron chi connectivity index (χ4n) is 1.34. The number of rotatable bonds is 3. The predicted molar refractivity (Wildman–Crippen MR) is 62.9 cm³/mol. The topological polar surface area (TPSA) is 24.9 Å². The minimum absolute atomic E-state index is 0.644. The molecule has 0 spiro atoms. The third-order valence-corrected chi connectivity index (χ3v) is 2.94. The Morgan fingerprint density at radius 2 is 2.29 bits per heavy atom. The Morgan fingerprint density at radius 3 is 3.07 bits per heavy atom. The molecule has 74 valence electrons. The summed E-state index contributed by atoms with van der Waals surface area (Å²) in [5.74, 6) is 1.66. The summed E-state index contributed by atoms with van der Waals surface area (Å²) in [6.07, 6.45) is 1.86. The van der Waals surface area contributed by atoms with Gasteiger partial charge in [0.25, 0.3) is 0 Å². The minimum atomic E-state index is 0.644. The summed E-state index contributed by atoms with van der Waals surface area (Å²) in [5.41, 5.74) is 0. The van der Waals surface area contributed by atoms with Crippen molar-refractivity contribution in [3.8, 4) is 0 Å². The fraction of sp³-hybridized carbons (Fsp3) is 0.364. The lowest BCUT2D eigenvalue weighted by atomic mass is 10.2. The van der Waals surface area contributed by atoms with E-state index in [1.807, 2.05) is 6.20 Å². The Hall–Kier alpha value is -1.09. The molecule has 2 rings (SSSR count). The molecule has 0 saturated carbocycles. The Labute approximate surface area is 88.0 Å². The van der Waals surface area contributed by atoms with Crippen LogP contribution in [0.1, 0.15) is 13.8 Å². The van der Waals surface area contributed by atoms with Gasteiger partial charge in [0.2, 0.25) is 0 Å². The average Bonchev–Trinajstić information content (AvgIpc) is 2.62. The molecule has 0 saturated heterocycles. The van der Waals surface area contributed by atoms with E-state index in [9.17, 15) is 0 Å². The first-order chi connectivity index (χ1) is 6.77. The highest BCUT2D eigenvalue weighted by Gasteiger charge is 2.02. The van der Waals surface area contributed by atoms with Crippen LogP contribution < -0.4 is 5.32 Å². The standard InChI is InChI=1S/C11H14N2S/c1-8(2)7-13-11-9-4-6-14-10(9)3-5-12-11/h3-6,8H,7H2,1-2H3,(H,12,13). The van der Waals surface area contributed by atoms with Crippen LogP contribution >= 0.6 is 11.3 Å². The van der Waals surface area contributed by atoms with Gasteiger partial charge in [-0.05, 0) is 23.4 Å². The molecule has 14 heavy (non-hydrogen) atoms. The normalized spacial score (nSPS) is 11.1. The maximum Gasteiger partial charge on any atom is 0.134 e. The zero-order valence-corrected chi connectivity index (χ0v) is 9.27. The lowest BCUT2D eigenvalue weighted by molar-refractivity contribution is 0.687. The van der Waals surface area contributed by atoms with Crippen molar-refractivity contribution in [1.82, 2.24) is 4.98 Å². The molecule has 1 N–H and O–H groups in total. The SMILES string of the molecule is CC(C)CNc1nccc2sccc12. The maximum atomic E-state index is 4.35. The molecule has 2 aromatic heterocycles. The molecule has 0 bridgehead atoms. The number of hydrogen-bond acceptors (Lipinski definition) is 3. The zero-order valence-electron chi connectivity index (χ0n) is 8.45. The van der Waals surface area contributed by atoms with Crippen LogP contribution in [0.25, 0.3) is 10.1 Å². The van der Waals surface area contributed by atoms with Crippen LogP contribution in [0.4, 0.5) is 5.82 Å². The number of thiophene rings is 1. The first kappa shape index (κ1) is 9.46. The van der Waals surface area contributed by atoms with E-state index in [0.29, 0.717) is 5.92 Å². The zero-order chi connectivity index (χ0) is 9.97. The molecule has 2 nitrogen and oxygen atoms in total. The molecule has 0 unspecified atom stereocenters. The largest absolute Gasteiger partial charge is 0.369 e. The van der Waals surface area contributed by atoms with Crippen molar-refractivity contribution in [3.05, 3.63) is 23.7 Å². The number of nitrogens with one attached hydrogen (secondary N) is 1. The van der Waals surface area contributed by atoms with E-state index in [2.05, 4.69) is 41.7 Å². The highest BCUT2D eigenvalue weighted by atomic mass is 32.1. The number of fused-ring (bicyclic) bond motifs is 1. The van der Waals surface area contributed by atoms with Crippen molar-refractivity contribution >= 4 is 27.2 Å². The van der Waals surface area contributed by atoms with Crippen LogP contribution in [0.15, 0.2) is 23.7 Å². The molecule has 0 atom stereocenters. The Bertz CT molecular complexity index is 420. The van der Waals surface area contributed by atoms with Crippen LogP contribution in [-0.2, 0) is 0 Å². The number of pyridine rings is 1. The van der Waals surface area contributed by atoms with Gasteiger partial charge in [0.05, 0.1) is 0 Å². The van der Waals surface area contributed by atoms with Crippen molar-refractivity contribution < 1.29 is 0 Å². The molecule has 2 heterocycles. The van der Waals surface area contributed by atoms with E-state index >= 15 is 0 Å². The van der Waals surface area contributed by atoms with Crippen LogP contribution in [0.2, 0.25) is 0 Å². The fourth-order valence-corrected chi connectivity index (χ4v) is 2.12. The first-order valence-corrected chi connectivity index (χ1v) is 5.71. The summed E-state index contributed by atoms with van der Waals surface area (Å²) < 4.78 is 1.30. The van der Waals surface area contributed by atoms with E-state index in [1.165, 1.54) is 10.1 Å². The quantitative estimate of drug-likeness (QED) is 0.833. The van der Waals surface area contributed by atoms with Gasteiger partial charge in [0.15, 0.2) is 0 Å². The van der Waals surface area contributed by atoms with Crippen molar-refractivity contribution in [3.63, 3.8) is 0 Å².